The Morgan fingerprint density at radius 1 is 1.43 bits per heavy atom. The summed E-state index contributed by atoms with van der Waals surface area (Å²) in [7, 11) is 0. The first-order valence-electron chi connectivity index (χ1n) is 6.57. The highest BCUT2D eigenvalue weighted by Crippen LogP contribution is 2.30. The minimum absolute atomic E-state index is 0.135. The van der Waals surface area contributed by atoms with E-state index in [0.29, 0.717) is 5.56 Å². The van der Waals surface area contributed by atoms with Gasteiger partial charge in [-0.2, -0.15) is 0 Å². The highest BCUT2D eigenvalue weighted by Gasteiger charge is 2.46. The van der Waals surface area contributed by atoms with Crippen molar-refractivity contribution in [3.8, 4) is 0 Å². The first-order chi connectivity index (χ1) is 9.95. The van der Waals surface area contributed by atoms with E-state index in [0.717, 1.165) is 0 Å². The summed E-state index contributed by atoms with van der Waals surface area (Å²) < 4.78 is 19.0. The van der Waals surface area contributed by atoms with Crippen molar-refractivity contribution in [3.05, 3.63) is 35.1 Å². The van der Waals surface area contributed by atoms with Gasteiger partial charge in [-0.25, -0.2) is 4.39 Å². The van der Waals surface area contributed by atoms with Gasteiger partial charge in [0, 0.05) is 0 Å². The van der Waals surface area contributed by atoms with Crippen LogP contribution < -0.4 is 5.32 Å². The number of aryl methyl sites for hydroxylation is 1. The molecule has 0 aliphatic carbocycles. The van der Waals surface area contributed by atoms with Gasteiger partial charge in [0.05, 0.1) is 6.67 Å². The number of aliphatic hydroxyl groups is 3. The topological polar surface area (TPSA) is 94.3 Å². The monoisotopic (exact) mass is 298 g/mol. The van der Waals surface area contributed by atoms with E-state index in [2.05, 4.69) is 17.0 Å². The van der Waals surface area contributed by atoms with Crippen molar-refractivity contribution in [3.63, 3.8) is 0 Å². The maximum absolute atomic E-state index is 13.5. The van der Waals surface area contributed by atoms with Gasteiger partial charge in [0.15, 0.2) is 0 Å². The zero-order valence-corrected chi connectivity index (χ0v) is 11.6. The van der Waals surface area contributed by atoms with E-state index in [1.807, 2.05) is 0 Å². The van der Waals surface area contributed by atoms with Gasteiger partial charge >= 0.3 is 0 Å². The molecule has 2 rings (SSSR count). The van der Waals surface area contributed by atoms with Crippen LogP contribution >= 0.6 is 0 Å². The molecule has 0 spiro atoms. The third-order valence-corrected chi connectivity index (χ3v) is 3.55. The Balaban J connectivity index is 2.13. The zero-order valence-electron chi connectivity index (χ0n) is 11.6. The molecular formula is C14H19FN2O4. The second kappa shape index (κ2) is 6.59. The van der Waals surface area contributed by atoms with Gasteiger partial charge in [-0.05, 0) is 30.8 Å². The molecule has 0 saturated carbocycles. The number of nitrogens with zero attached hydrogens (tertiary/aromatic N) is 1. The van der Waals surface area contributed by atoms with Crippen LogP contribution in [0.3, 0.4) is 0 Å². The molecule has 0 amide bonds. The summed E-state index contributed by atoms with van der Waals surface area (Å²) >= 11 is 0. The molecule has 5 unspecified atom stereocenters. The fraction of sp³-hybridized carbons (Fsp3) is 0.500. The van der Waals surface area contributed by atoms with Gasteiger partial charge in [-0.3, -0.25) is 10.3 Å². The lowest BCUT2D eigenvalue weighted by Crippen LogP contribution is -2.41. The molecule has 116 valence electrons. The molecule has 21 heavy (non-hydrogen) atoms. The molecule has 6 nitrogen and oxygen atoms in total. The van der Waals surface area contributed by atoms with E-state index in [1.54, 1.807) is 13.0 Å². The van der Waals surface area contributed by atoms with Crippen LogP contribution in [0, 0.1) is 12.7 Å². The van der Waals surface area contributed by atoms with Gasteiger partial charge in [-0.15, -0.1) is 0 Å². The molecule has 7 heteroatoms. The Bertz CT molecular complexity index is 514. The molecule has 1 aromatic carbocycles. The number of benzene rings is 1. The van der Waals surface area contributed by atoms with E-state index >= 15 is 0 Å². The van der Waals surface area contributed by atoms with Crippen LogP contribution in [-0.4, -0.2) is 53.2 Å². The Kier molecular flexibility index (Phi) is 5.02. The van der Waals surface area contributed by atoms with Crippen molar-refractivity contribution < 1.29 is 24.4 Å². The van der Waals surface area contributed by atoms with E-state index in [9.17, 15) is 19.7 Å². The summed E-state index contributed by atoms with van der Waals surface area (Å²) in [5.74, 6) is -0.454. The summed E-state index contributed by atoms with van der Waals surface area (Å²) in [5.41, 5.74) is 0.729. The number of rotatable bonds is 5. The molecule has 0 bridgehead atoms. The molecule has 1 fully saturated rings. The lowest BCUT2D eigenvalue weighted by atomic mass is 9.98. The van der Waals surface area contributed by atoms with Gasteiger partial charge in [0.25, 0.3) is 0 Å². The number of aliphatic imine (C=N–C) groups is 1. The molecule has 4 N–H and O–H groups in total. The lowest BCUT2D eigenvalue weighted by molar-refractivity contribution is -0.0732. The molecule has 5 atom stereocenters. The minimum Gasteiger partial charge on any atom is -0.387 e. The third kappa shape index (κ3) is 3.28. The van der Waals surface area contributed by atoms with Crippen LogP contribution in [0.15, 0.2) is 23.2 Å². The number of hydrogen-bond acceptors (Lipinski definition) is 6. The molecule has 1 heterocycles. The SMILES string of the molecule is C=NCNC1OC(C(O)c2ccc(C)c(F)c2)C(O)C1O. The molecule has 0 aromatic heterocycles. The van der Waals surface area contributed by atoms with Gasteiger partial charge in [0.2, 0.25) is 0 Å². The maximum atomic E-state index is 13.5. The van der Waals surface area contributed by atoms with Crippen molar-refractivity contribution in [1.29, 1.82) is 0 Å². The van der Waals surface area contributed by atoms with Crippen LogP contribution in [0.25, 0.3) is 0 Å². The fourth-order valence-electron chi connectivity index (χ4n) is 2.27. The second-order valence-electron chi connectivity index (χ2n) is 5.04. The first kappa shape index (κ1) is 16.0. The van der Waals surface area contributed by atoms with Crippen molar-refractivity contribution in [2.45, 2.75) is 37.6 Å². The normalized spacial score (nSPS) is 30.3. The predicted octanol–water partition coefficient (Wildman–Crippen LogP) is -0.138. The standard InChI is InChI=1S/C14H19FN2O4/c1-7-3-4-8(5-9(7)15)10(18)13-11(19)12(20)14(21-13)17-6-16-2/h3-5,10-14,17-20H,2,6H2,1H3. The fourth-order valence-corrected chi connectivity index (χ4v) is 2.27. The highest BCUT2D eigenvalue weighted by atomic mass is 19.1. The molecular weight excluding hydrogens is 279 g/mol. The van der Waals surface area contributed by atoms with Crippen LogP contribution in [0.2, 0.25) is 0 Å². The summed E-state index contributed by atoms with van der Waals surface area (Å²) in [6, 6.07) is 4.27. The van der Waals surface area contributed by atoms with Crippen molar-refractivity contribution in [1.82, 2.24) is 5.32 Å². The van der Waals surface area contributed by atoms with E-state index in [1.165, 1.54) is 12.1 Å². The van der Waals surface area contributed by atoms with Crippen LogP contribution in [0.4, 0.5) is 4.39 Å². The Hall–Kier alpha value is -1.38. The van der Waals surface area contributed by atoms with Crippen molar-refractivity contribution in [2.24, 2.45) is 4.99 Å². The van der Waals surface area contributed by atoms with Gasteiger partial charge in [0.1, 0.15) is 36.5 Å². The average molecular weight is 298 g/mol. The summed E-state index contributed by atoms with van der Waals surface area (Å²) in [5, 5.41) is 32.8. The van der Waals surface area contributed by atoms with E-state index in [4.69, 9.17) is 4.74 Å². The highest BCUT2D eigenvalue weighted by molar-refractivity contribution is 5.26. The van der Waals surface area contributed by atoms with E-state index in [-0.39, 0.29) is 12.2 Å². The first-order valence-corrected chi connectivity index (χ1v) is 6.57. The molecule has 1 aliphatic rings. The van der Waals surface area contributed by atoms with Crippen LogP contribution in [0.5, 0.6) is 0 Å². The molecule has 0 radical (unpaired) electrons. The quantitative estimate of drug-likeness (QED) is 0.568. The van der Waals surface area contributed by atoms with Crippen molar-refractivity contribution in [2.75, 3.05) is 6.67 Å². The maximum Gasteiger partial charge on any atom is 0.139 e. The molecule has 1 aromatic rings. The lowest BCUT2D eigenvalue weighted by Gasteiger charge is -2.21. The number of nitrogens with one attached hydrogen (secondary N) is 1. The average Bonchev–Trinajstić information content (AvgIpc) is 2.75. The molecule has 1 aliphatic heterocycles. The van der Waals surface area contributed by atoms with Crippen LogP contribution in [-0.2, 0) is 4.74 Å². The largest absolute Gasteiger partial charge is 0.387 e. The van der Waals surface area contributed by atoms with Gasteiger partial charge < -0.3 is 20.1 Å². The van der Waals surface area contributed by atoms with Gasteiger partial charge in [-0.1, -0.05) is 12.1 Å². The predicted molar refractivity (Wildman–Crippen MR) is 74.3 cm³/mol. The minimum atomic E-state index is -1.30. The van der Waals surface area contributed by atoms with Crippen molar-refractivity contribution >= 4 is 6.72 Å². The smallest absolute Gasteiger partial charge is 0.139 e. The summed E-state index contributed by atoms with van der Waals surface area (Å²) in [4.78, 5) is 3.56. The number of hydrogen-bond donors (Lipinski definition) is 4. The number of halogens is 1. The number of aliphatic hydroxyl groups excluding tert-OH is 3. The Morgan fingerprint density at radius 2 is 2.14 bits per heavy atom. The third-order valence-electron chi connectivity index (χ3n) is 3.55. The Morgan fingerprint density at radius 3 is 2.76 bits per heavy atom. The van der Waals surface area contributed by atoms with Crippen LogP contribution in [0.1, 0.15) is 17.2 Å². The van der Waals surface area contributed by atoms with E-state index < -0.39 is 36.5 Å². The summed E-state index contributed by atoms with van der Waals surface area (Å²) in [6.45, 7) is 5.03. The zero-order chi connectivity index (χ0) is 15.6. The number of ether oxygens (including phenoxy) is 1. The Labute approximate surface area is 121 Å². The molecule has 1 saturated heterocycles. The second-order valence-corrected chi connectivity index (χ2v) is 5.04. The summed E-state index contributed by atoms with van der Waals surface area (Å²) in [6.07, 6.45) is -5.72.